The molecule has 0 saturated carbocycles. The molecule has 24 heavy (non-hydrogen) atoms. The van der Waals surface area contributed by atoms with E-state index < -0.39 is 0 Å². The van der Waals surface area contributed by atoms with Crippen molar-refractivity contribution in [3.05, 3.63) is 76.4 Å². The van der Waals surface area contributed by atoms with Crippen LogP contribution in [0.3, 0.4) is 0 Å². The van der Waals surface area contributed by atoms with Gasteiger partial charge in [-0.25, -0.2) is 0 Å². The van der Waals surface area contributed by atoms with E-state index in [0.29, 0.717) is 23.6 Å². The molecule has 3 rings (SSSR count). The fraction of sp³-hybridized carbons (Fsp3) is 0.111. The summed E-state index contributed by atoms with van der Waals surface area (Å²) < 4.78 is 5.19. The predicted octanol–water partition coefficient (Wildman–Crippen LogP) is 3.45. The third-order valence-corrected chi connectivity index (χ3v) is 4.13. The van der Waals surface area contributed by atoms with Crippen molar-refractivity contribution in [2.45, 2.75) is 13.0 Å². The number of carbonyl (C=O) groups excluding carboxylic acids is 2. The molecule has 0 fully saturated rings. The Bertz CT molecular complexity index is 811. The molecule has 0 spiro atoms. The second kappa shape index (κ2) is 7.61. The molecular formula is C18H16N2O3S. The Balaban J connectivity index is 1.65. The van der Waals surface area contributed by atoms with Gasteiger partial charge >= 0.3 is 0 Å². The Morgan fingerprint density at radius 3 is 2.71 bits per heavy atom. The van der Waals surface area contributed by atoms with Gasteiger partial charge in [-0.05, 0) is 46.7 Å². The number of anilines is 1. The van der Waals surface area contributed by atoms with Crippen molar-refractivity contribution in [2.24, 2.45) is 0 Å². The summed E-state index contributed by atoms with van der Waals surface area (Å²) in [6.45, 7) is 0.295. The minimum Gasteiger partial charge on any atom is -0.467 e. The molecule has 0 atom stereocenters. The largest absolute Gasteiger partial charge is 0.467 e. The minimum absolute atomic E-state index is 0.153. The second-order valence-electron chi connectivity index (χ2n) is 5.16. The van der Waals surface area contributed by atoms with Gasteiger partial charge in [-0.1, -0.05) is 12.1 Å². The maximum atomic E-state index is 12.4. The lowest BCUT2D eigenvalue weighted by atomic mass is 10.1. The number of benzene rings is 1. The summed E-state index contributed by atoms with van der Waals surface area (Å²) in [7, 11) is 0. The zero-order chi connectivity index (χ0) is 16.8. The Hall–Kier alpha value is -2.86. The molecule has 0 radical (unpaired) electrons. The molecule has 2 N–H and O–H groups in total. The van der Waals surface area contributed by atoms with Crippen LogP contribution in [0.5, 0.6) is 0 Å². The molecule has 2 amide bonds. The Morgan fingerprint density at radius 2 is 1.96 bits per heavy atom. The highest BCUT2D eigenvalue weighted by molar-refractivity contribution is 7.08. The quantitative estimate of drug-likeness (QED) is 0.722. The lowest BCUT2D eigenvalue weighted by Crippen LogP contribution is -2.25. The number of rotatable bonds is 6. The first-order valence-electron chi connectivity index (χ1n) is 7.43. The molecule has 3 aromatic rings. The fourth-order valence-corrected chi connectivity index (χ4v) is 2.91. The summed E-state index contributed by atoms with van der Waals surface area (Å²) in [5.74, 6) is 0.250. The number of para-hydroxylation sites is 1. The lowest BCUT2D eigenvalue weighted by Gasteiger charge is -2.11. The highest BCUT2D eigenvalue weighted by Gasteiger charge is 2.13. The predicted molar refractivity (Wildman–Crippen MR) is 93.0 cm³/mol. The molecular weight excluding hydrogens is 324 g/mol. The first kappa shape index (κ1) is 16.0. The van der Waals surface area contributed by atoms with Gasteiger partial charge in [-0.15, -0.1) is 0 Å². The van der Waals surface area contributed by atoms with E-state index in [1.807, 2.05) is 16.8 Å². The van der Waals surface area contributed by atoms with Crippen LogP contribution < -0.4 is 10.6 Å². The summed E-state index contributed by atoms with van der Waals surface area (Å²) in [6.07, 6.45) is 1.84. The molecule has 0 bridgehead atoms. The molecule has 0 aliphatic carbocycles. The van der Waals surface area contributed by atoms with Crippen molar-refractivity contribution < 1.29 is 14.0 Å². The zero-order valence-corrected chi connectivity index (χ0v) is 13.6. The highest BCUT2D eigenvalue weighted by atomic mass is 32.1. The van der Waals surface area contributed by atoms with Crippen LogP contribution in [0.2, 0.25) is 0 Å². The molecule has 0 unspecified atom stereocenters. The van der Waals surface area contributed by atoms with E-state index in [1.54, 1.807) is 54.0 Å². The van der Waals surface area contributed by atoms with Crippen molar-refractivity contribution in [1.82, 2.24) is 5.32 Å². The van der Waals surface area contributed by atoms with Gasteiger partial charge in [0.05, 0.1) is 30.5 Å². The molecule has 0 aliphatic rings. The third-order valence-electron chi connectivity index (χ3n) is 3.39. The number of nitrogens with one attached hydrogen (secondary N) is 2. The highest BCUT2D eigenvalue weighted by Crippen LogP contribution is 2.16. The van der Waals surface area contributed by atoms with E-state index in [-0.39, 0.29) is 18.2 Å². The van der Waals surface area contributed by atoms with Crippen molar-refractivity contribution in [3.8, 4) is 0 Å². The summed E-state index contributed by atoms with van der Waals surface area (Å²) in [4.78, 5) is 24.5. The van der Waals surface area contributed by atoms with E-state index in [2.05, 4.69) is 10.6 Å². The Labute approximate surface area is 143 Å². The average molecular weight is 340 g/mol. The van der Waals surface area contributed by atoms with Gasteiger partial charge in [0.1, 0.15) is 5.76 Å². The number of furan rings is 1. The fourth-order valence-electron chi connectivity index (χ4n) is 2.24. The van der Waals surface area contributed by atoms with Gasteiger partial charge in [0.15, 0.2) is 0 Å². The van der Waals surface area contributed by atoms with Crippen LogP contribution in [0.4, 0.5) is 5.69 Å². The van der Waals surface area contributed by atoms with Crippen LogP contribution in [0.25, 0.3) is 0 Å². The Morgan fingerprint density at radius 1 is 1.08 bits per heavy atom. The van der Waals surface area contributed by atoms with Crippen LogP contribution in [-0.4, -0.2) is 11.8 Å². The molecule has 2 aromatic heterocycles. The van der Waals surface area contributed by atoms with Gasteiger partial charge in [-0.3, -0.25) is 9.59 Å². The maximum Gasteiger partial charge on any atom is 0.253 e. The van der Waals surface area contributed by atoms with Gasteiger partial charge in [-0.2, -0.15) is 11.3 Å². The van der Waals surface area contributed by atoms with E-state index in [1.165, 1.54) is 0 Å². The summed E-state index contributed by atoms with van der Waals surface area (Å²) >= 11 is 1.55. The molecule has 5 nitrogen and oxygen atoms in total. The monoisotopic (exact) mass is 340 g/mol. The van der Waals surface area contributed by atoms with Crippen molar-refractivity contribution in [1.29, 1.82) is 0 Å². The third kappa shape index (κ3) is 4.11. The van der Waals surface area contributed by atoms with E-state index in [4.69, 9.17) is 4.42 Å². The van der Waals surface area contributed by atoms with E-state index in [9.17, 15) is 9.59 Å². The van der Waals surface area contributed by atoms with E-state index in [0.717, 1.165) is 5.56 Å². The zero-order valence-electron chi connectivity index (χ0n) is 12.8. The molecule has 1 aromatic carbocycles. The maximum absolute atomic E-state index is 12.4. The summed E-state index contributed by atoms with van der Waals surface area (Å²) in [6, 6.07) is 12.4. The van der Waals surface area contributed by atoms with Gasteiger partial charge in [0.25, 0.3) is 5.91 Å². The second-order valence-corrected chi connectivity index (χ2v) is 5.94. The summed E-state index contributed by atoms with van der Waals surface area (Å²) in [5, 5.41) is 9.44. The van der Waals surface area contributed by atoms with E-state index >= 15 is 0 Å². The molecule has 0 aliphatic heterocycles. The van der Waals surface area contributed by atoms with Crippen LogP contribution in [0, 0.1) is 0 Å². The average Bonchev–Trinajstić information content (AvgIpc) is 3.26. The molecule has 122 valence electrons. The topological polar surface area (TPSA) is 71.3 Å². The van der Waals surface area contributed by atoms with Gasteiger partial charge < -0.3 is 15.1 Å². The number of hydrogen-bond acceptors (Lipinski definition) is 4. The Kier molecular flexibility index (Phi) is 5.08. The first-order chi connectivity index (χ1) is 11.7. The lowest BCUT2D eigenvalue weighted by molar-refractivity contribution is -0.115. The normalized spacial score (nSPS) is 10.3. The number of thiophene rings is 1. The van der Waals surface area contributed by atoms with Crippen molar-refractivity contribution in [2.75, 3.05) is 5.32 Å². The number of carbonyl (C=O) groups is 2. The standard InChI is InChI=1S/C18H16N2O3S/c21-17(10-13-7-9-24-12-13)20-16-6-2-1-5-15(16)18(22)19-11-14-4-3-8-23-14/h1-9,12H,10-11H2,(H,19,22)(H,20,21). The summed E-state index contributed by atoms with van der Waals surface area (Å²) in [5.41, 5.74) is 1.87. The number of hydrogen-bond donors (Lipinski definition) is 2. The molecule has 0 saturated heterocycles. The van der Waals surface area contributed by atoms with Crippen molar-refractivity contribution in [3.63, 3.8) is 0 Å². The first-order valence-corrected chi connectivity index (χ1v) is 8.37. The van der Waals surface area contributed by atoms with Crippen LogP contribution in [-0.2, 0) is 17.8 Å². The molecule has 6 heteroatoms. The number of amides is 2. The molecule has 2 heterocycles. The van der Waals surface area contributed by atoms with Crippen molar-refractivity contribution >= 4 is 28.8 Å². The minimum atomic E-state index is -0.266. The van der Waals surface area contributed by atoms with Gasteiger partial charge in [0, 0.05) is 0 Å². The smallest absolute Gasteiger partial charge is 0.253 e. The van der Waals surface area contributed by atoms with Gasteiger partial charge in [0.2, 0.25) is 5.91 Å². The van der Waals surface area contributed by atoms with Crippen LogP contribution in [0.15, 0.2) is 63.9 Å². The SMILES string of the molecule is O=C(Cc1ccsc1)Nc1ccccc1C(=O)NCc1ccco1. The van der Waals surface area contributed by atoms with Crippen LogP contribution in [0.1, 0.15) is 21.7 Å². The van der Waals surface area contributed by atoms with Crippen LogP contribution >= 0.6 is 11.3 Å².